The first-order chi connectivity index (χ1) is 12.9. The Labute approximate surface area is 174 Å². The van der Waals surface area contributed by atoms with Crippen molar-refractivity contribution in [2.75, 3.05) is 0 Å². The van der Waals surface area contributed by atoms with Gasteiger partial charge in [0, 0.05) is 0 Å². The molecule has 0 saturated carbocycles. The summed E-state index contributed by atoms with van der Waals surface area (Å²) in [5, 5.41) is 3.22. The van der Waals surface area contributed by atoms with Gasteiger partial charge in [-0.15, -0.1) is 0 Å². The zero-order chi connectivity index (χ0) is 17.3. The first kappa shape index (κ1) is 16.9. The van der Waals surface area contributed by atoms with Gasteiger partial charge in [0.05, 0.1) is 0 Å². The molecule has 1 aliphatic rings. The Bertz CT molecular complexity index is 985. The molecule has 0 amide bonds. The zero-order valence-corrected chi connectivity index (χ0v) is 19.0. The van der Waals surface area contributed by atoms with Crippen LogP contribution in [0.1, 0.15) is 11.1 Å². The van der Waals surface area contributed by atoms with Crippen molar-refractivity contribution < 1.29 is 0 Å². The van der Waals surface area contributed by atoms with Gasteiger partial charge in [-0.3, -0.25) is 0 Å². The molecule has 0 radical (unpaired) electrons. The predicted octanol–water partition coefficient (Wildman–Crippen LogP) is 2.25. The molecule has 4 aromatic rings. The number of rotatable bonds is 4. The first-order valence-electron chi connectivity index (χ1n) is 8.92. The number of aryl methyl sites for hydroxylation is 2. The van der Waals surface area contributed by atoms with Gasteiger partial charge in [-0.2, -0.15) is 0 Å². The average Bonchev–Trinajstić information content (AvgIpc) is 3.11. The summed E-state index contributed by atoms with van der Waals surface area (Å²) in [5.74, 6) is 0. The van der Waals surface area contributed by atoms with Crippen LogP contribution in [-0.4, -0.2) is 41.8 Å². The van der Waals surface area contributed by atoms with Crippen molar-refractivity contribution in [3.8, 4) is 0 Å². The minimum atomic E-state index is -0.356. The number of benzene rings is 4. The van der Waals surface area contributed by atoms with Crippen LogP contribution in [0.4, 0.5) is 0 Å². The summed E-state index contributed by atoms with van der Waals surface area (Å²) in [6.45, 7) is 0. The molecule has 0 bridgehead atoms. The third-order valence-electron chi connectivity index (χ3n) is 4.86. The standard InChI is InChI=1S/C24H18Te2/c1-3-7-19(8-4-1)25-21-15-13-17-11-12-18-14-16-22(24(21)23(17)18)26-20-9-5-2-6-10-20/h1-10,13-16H,11-12H2. The maximum atomic E-state index is 2.45. The van der Waals surface area contributed by atoms with Crippen LogP contribution in [0.5, 0.6) is 0 Å². The third-order valence-corrected chi connectivity index (χ3v) is 11.0. The first-order valence-corrected chi connectivity index (χ1v) is 13.6. The van der Waals surface area contributed by atoms with E-state index in [1.54, 1.807) is 29.1 Å². The Morgan fingerprint density at radius 1 is 0.462 bits per heavy atom. The molecular formula is C24H18Te2. The second-order valence-electron chi connectivity index (χ2n) is 6.53. The molecule has 26 heavy (non-hydrogen) atoms. The third kappa shape index (κ3) is 3.22. The molecule has 2 heteroatoms. The fraction of sp³-hybridized carbons (Fsp3) is 0.0833. The molecule has 0 heterocycles. The van der Waals surface area contributed by atoms with E-state index in [1.165, 1.54) is 20.1 Å². The van der Waals surface area contributed by atoms with Crippen LogP contribution in [0.3, 0.4) is 0 Å². The quantitative estimate of drug-likeness (QED) is 0.336. The van der Waals surface area contributed by atoms with E-state index in [-0.39, 0.29) is 41.8 Å². The van der Waals surface area contributed by atoms with Crippen LogP contribution in [0.15, 0.2) is 84.9 Å². The van der Waals surface area contributed by atoms with Gasteiger partial charge in [0.1, 0.15) is 0 Å². The summed E-state index contributed by atoms with van der Waals surface area (Å²) < 4.78 is 6.31. The van der Waals surface area contributed by atoms with Crippen LogP contribution in [-0.2, 0) is 12.8 Å². The van der Waals surface area contributed by atoms with Crippen molar-refractivity contribution in [1.29, 1.82) is 0 Å². The van der Waals surface area contributed by atoms with E-state index in [9.17, 15) is 0 Å². The van der Waals surface area contributed by atoms with Gasteiger partial charge in [0.2, 0.25) is 0 Å². The predicted molar refractivity (Wildman–Crippen MR) is 114 cm³/mol. The molecular weight excluding hydrogens is 543 g/mol. The van der Waals surface area contributed by atoms with E-state index in [2.05, 4.69) is 84.9 Å². The van der Waals surface area contributed by atoms with E-state index in [1.807, 2.05) is 0 Å². The van der Waals surface area contributed by atoms with Crippen molar-refractivity contribution >= 4 is 67.1 Å². The van der Waals surface area contributed by atoms with Crippen LogP contribution in [0, 0.1) is 0 Å². The Morgan fingerprint density at radius 2 is 0.923 bits per heavy atom. The molecule has 5 rings (SSSR count). The van der Waals surface area contributed by atoms with Gasteiger partial charge in [-0.1, -0.05) is 0 Å². The molecule has 0 spiro atoms. The molecule has 4 aromatic carbocycles. The molecule has 0 unspecified atom stereocenters. The summed E-state index contributed by atoms with van der Waals surface area (Å²) in [6, 6.07) is 31.9. The fourth-order valence-corrected chi connectivity index (χ4v) is 9.99. The molecule has 1 aliphatic carbocycles. The Balaban J connectivity index is 1.68. The monoisotopic (exact) mass is 566 g/mol. The molecule has 126 valence electrons. The average molecular weight is 562 g/mol. The summed E-state index contributed by atoms with van der Waals surface area (Å²) >= 11 is -0.711. The van der Waals surface area contributed by atoms with E-state index in [0.29, 0.717) is 0 Å². The minimum absolute atomic E-state index is 0.356. The van der Waals surface area contributed by atoms with E-state index in [4.69, 9.17) is 0 Å². The summed E-state index contributed by atoms with van der Waals surface area (Å²) in [5.41, 5.74) is 3.14. The van der Waals surface area contributed by atoms with Crippen molar-refractivity contribution in [3.63, 3.8) is 0 Å². The van der Waals surface area contributed by atoms with Gasteiger partial charge in [0.15, 0.2) is 0 Å². The Hall–Kier alpha value is -1.28. The molecule has 0 aliphatic heterocycles. The van der Waals surface area contributed by atoms with Crippen LogP contribution in [0.25, 0.3) is 10.8 Å². The maximum absolute atomic E-state index is 2.45. The Kier molecular flexibility index (Phi) is 4.79. The van der Waals surface area contributed by atoms with E-state index in [0.717, 1.165) is 0 Å². The zero-order valence-electron chi connectivity index (χ0n) is 14.3. The van der Waals surface area contributed by atoms with Crippen LogP contribution >= 0.6 is 0 Å². The molecule has 0 nitrogen and oxygen atoms in total. The topological polar surface area (TPSA) is 0 Å². The summed E-state index contributed by atoms with van der Waals surface area (Å²) in [4.78, 5) is 0. The van der Waals surface area contributed by atoms with E-state index >= 15 is 0 Å². The normalized spacial score (nSPS) is 12.6. The van der Waals surface area contributed by atoms with Gasteiger partial charge >= 0.3 is 176 Å². The van der Waals surface area contributed by atoms with Gasteiger partial charge in [0.25, 0.3) is 0 Å². The Morgan fingerprint density at radius 3 is 1.38 bits per heavy atom. The summed E-state index contributed by atoms with van der Waals surface area (Å²) in [6.07, 6.45) is 2.43. The van der Waals surface area contributed by atoms with Crippen molar-refractivity contribution in [3.05, 3.63) is 96.1 Å². The van der Waals surface area contributed by atoms with Gasteiger partial charge in [-0.05, 0) is 0 Å². The molecule has 0 fully saturated rings. The fourth-order valence-electron chi connectivity index (χ4n) is 3.67. The number of hydrogen-bond acceptors (Lipinski definition) is 0. The second-order valence-corrected chi connectivity index (χ2v) is 12.9. The van der Waals surface area contributed by atoms with Gasteiger partial charge in [-0.25, -0.2) is 0 Å². The van der Waals surface area contributed by atoms with Gasteiger partial charge < -0.3 is 0 Å². The van der Waals surface area contributed by atoms with Crippen molar-refractivity contribution in [2.24, 2.45) is 0 Å². The molecule has 0 aromatic heterocycles. The van der Waals surface area contributed by atoms with Crippen molar-refractivity contribution in [2.45, 2.75) is 12.8 Å². The van der Waals surface area contributed by atoms with Crippen LogP contribution < -0.4 is 14.4 Å². The second kappa shape index (κ2) is 7.38. The molecule has 0 atom stereocenters. The molecule has 0 saturated heterocycles. The SMILES string of the molecule is c1ccc([Te]c2ccc3c4c(ccc([Te]c5ccccc5)c24)CC3)cc1. The van der Waals surface area contributed by atoms with E-state index < -0.39 is 0 Å². The number of hydrogen-bond donors (Lipinski definition) is 0. The summed E-state index contributed by atoms with van der Waals surface area (Å²) in [7, 11) is 0. The molecule has 0 N–H and O–H groups in total. The van der Waals surface area contributed by atoms with Crippen LogP contribution in [0.2, 0.25) is 0 Å². The van der Waals surface area contributed by atoms with Crippen molar-refractivity contribution in [1.82, 2.24) is 0 Å².